The maximum Gasteiger partial charge on any atom is 0.356 e. The highest BCUT2D eigenvalue weighted by Crippen LogP contribution is 2.20. The van der Waals surface area contributed by atoms with Crippen LogP contribution in [-0.4, -0.2) is 33.8 Å². The van der Waals surface area contributed by atoms with Crippen molar-refractivity contribution in [2.45, 2.75) is 6.92 Å². The molecule has 0 saturated heterocycles. The third-order valence-electron chi connectivity index (χ3n) is 3.50. The van der Waals surface area contributed by atoms with Crippen molar-refractivity contribution < 1.29 is 14.3 Å². The van der Waals surface area contributed by atoms with Crippen LogP contribution in [-0.2, 0) is 4.74 Å². The second-order valence-electron chi connectivity index (χ2n) is 5.42. The standard InChI is InChI=1S/C18H15ClN4O3/c1-11-9-16(23(22-11)13-6-3-5-12(19)10-13)21-17(24)14-7-4-8-15(20-14)18(25)26-2/h3-10H,1-2H3,(H,21,24). The highest BCUT2D eigenvalue weighted by molar-refractivity contribution is 6.30. The fraction of sp³-hybridized carbons (Fsp3) is 0.111. The van der Waals surface area contributed by atoms with Gasteiger partial charge in [0.2, 0.25) is 0 Å². The molecule has 3 rings (SSSR count). The molecule has 2 heterocycles. The zero-order valence-electron chi connectivity index (χ0n) is 14.1. The van der Waals surface area contributed by atoms with E-state index in [0.29, 0.717) is 16.5 Å². The lowest BCUT2D eigenvalue weighted by Gasteiger charge is -2.09. The van der Waals surface area contributed by atoms with Crippen LogP contribution < -0.4 is 5.32 Å². The zero-order valence-corrected chi connectivity index (χ0v) is 14.8. The summed E-state index contributed by atoms with van der Waals surface area (Å²) in [5, 5.41) is 7.69. The number of nitrogens with zero attached hydrogens (tertiary/aromatic N) is 3. The largest absolute Gasteiger partial charge is 0.464 e. The zero-order chi connectivity index (χ0) is 18.7. The summed E-state index contributed by atoms with van der Waals surface area (Å²) in [6.45, 7) is 1.81. The van der Waals surface area contributed by atoms with E-state index in [9.17, 15) is 9.59 Å². The number of benzene rings is 1. The van der Waals surface area contributed by atoms with Crippen molar-refractivity contribution >= 4 is 29.3 Å². The summed E-state index contributed by atoms with van der Waals surface area (Å²) in [7, 11) is 1.25. The highest BCUT2D eigenvalue weighted by atomic mass is 35.5. The minimum atomic E-state index is -0.612. The van der Waals surface area contributed by atoms with Crippen LogP contribution in [0, 0.1) is 6.92 Å². The van der Waals surface area contributed by atoms with Crippen molar-refractivity contribution in [3.8, 4) is 5.69 Å². The second-order valence-corrected chi connectivity index (χ2v) is 5.85. The Morgan fingerprint density at radius 3 is 2.58 bits per heavy atom. The third-order valence-corrected chi connectivity index (χ3v) is 3.74. The molecule has 132 valence electrons. The Bertz CT molecular complexity index is 984. The molecular formula is C18H15ClN4O3. The van der Waals surface area contributed by atoms with Crippen LogP contribution in [0.5, 0.6) is 0 Å². The Balaban J connectivity index is 1.90. The number of carbonyl (C=O) groups is 2. The van der Waals surface area contributed by atoms with Crippen LogP contribution in [0.1, 0.15) is 26.7 Å². The molecular weight excluding hydrogens is 356 g/mol. The number of pyridine rings is 1. The van der Waals surface area contributed by atoms with Crippen molar-refractivity contribution in [2.75, 3.05) is 12.4 Å². The second kappa shape index (κ2) is 7.37. The van der Waals surface area contributed by atoms with Gasteiger partial charge in [-0.3, -0.25) is 4.79 Å². The van der Waals surface area contributed by atoms with Crippen molar-refractivity contribution in [3.05, 3.63) is 70.6 Å². The van der Waals surface area contributed by atoms with Gasteiger partial charge in [0.1, 0.15) is 17.2 Å². The molecule has 8 heteroatoms. The van der Waals surface area contributed by atoms with E-state index in [0.717, 1.165) is 5.69 Å². The summed E-state index contributed by atoms with van der Waals surface area (Å²) in [6.07, 6.45) is 0. The molecule has 0 aliphatic carbocycles. The smallest absolute Gasteiger partial charge is 0.356 e. The molecule has 1 aromatic carbocycles. The average molecular weight is 371 g/mol. The number of aromatic nitrogens is 3. The summed E-state index contributed by atoms with van der Waals surface area (Å²) in [4.78, 5) is 28.1. The Morgan fingerprint density at radius 1 is 1.12 bits per heavy atom. The minimum Gasteiger partial charge on any atom is -0.464 e. The van der Waals surface area contributed by atoms with Crippen LogP contribution in [0.2, 0.25) is 5.02 Å². The lowest BCUT2D eigenvalue weighted by Crippen LogP contribution is -2.18. The average Bonchev–Trinajstić information content (AvgIpc) is 3.01. The topological polar surface area (TPSA) is 86.1 Å². The molecule has 0 atom stereocenters. The molecule has 2 aromatic heterocycles. The fourth-order valence-corrected chi connectivity index (χ4v) is 2.54. The number of hydrogen-bond donors (Lipinski definition) is 1. The molecule has 1 amide bonds. The Hall–Kier alpha value is -3.19. The van der Waals surface area contributed by atoms with E-state index in [-0.39, 0.29) is 11.4 Å². The SMILES string of the molecule is COC(=O)c1cccc(C(=O)Nc2cc(C)nn2-c2cccc(Cl)c2)n1. The number of amides is 1. The van der Waals surface area contributed by atoms with Gasteiger partial charge in [-0.1, -0.05) is 23.7 Å². The van der Waals surface area contributed by atoms with Gasteiger partial charge in [0.05, 0.1) is 18.5 Å². The number of aryl methyl sites for hydroxylation is 1. The number of esters is 1. The molecule has 7 nitrogen and oxygen atoms in total. The van der Waals surface area contributed by atoms with E-state index in [1.54, 1.807) is 35.0 Å². The number of hydrogen-bond acceptors (Lipinski definition) is 5. The number of carbonyl (C=O) groups excluding carboxylic acids is 2. The van der Waals surface area contributed by atoms with Gasteiger partial charge >= 0.3 is 5.97 Å². The molecule has 0 bridgehead atoms. The third kappa shape index (κ3) is 3.73. The predicted molar refractivity (Wildman–Crippen MR) is 96.8 cm³/mol. The van der Waals surface area contributed by atoms with Gasteiger partial charge in [0.25, 0.3) is 5.91 Å². The summed E-state index contributed by atoms with van der Waals surface area (Å²) in [6, 6.07) is 13.4. The fourth-order valence-electron chi connectivity index (χ4n) is 2.35. The quantitative estimate of drug-likeness (QED) is 0.712. The Morgan fingerprint density at radius 2 is 1.85 bits per heavy atom. The van der Waals surface area contributed by atoms with Crippen molar-refractivity contribution in [1.82, 2.24) is 14.8 Å². The first-order valence-corrected chi connectivity index (χ1v) is 8.05. The van der Waals surface area contributed by atoms with Gasteiger partial charge in [0, 0.05) is 11.1 Å². The Labute approximate surface area is 154 Å². The van der Waals surface area contributed by atoms with E-state index in [1.165, 1.54) is 19.2 Å². The molecule has 0 unspecified atom stereocenters. The first-order valence-electron chi connectivity index (χ1n) is 7.67. The van der Waals surface area contributed by atoms with Gasteiger partial charge in [-0.2, -0.15) is 5.10 Å². The van der Waals surface area contributed by atoms with Gasteiger partial charge < -0.3 is 10.1 Å². The number of anilines is 1. The summed E-state index contributed by atoms with van der Waals surface area (Å²) in [5.74, 6) is -0.626. The van der Waals surface area contributed by atoms with Gasteiger partial charge in [-0.05, 0) is 37.3 Å². The maximum atomic E-state index is 12.5. The van der Waals surface area contributed by atoms with Crippen LogP contribution in [0.25, 0.3) is 5.69 Å². The van der Waals surface area contributed by atoms with Crippen molar-refractivity contribution in [3.63, 3.8) is 0 Å². The summed E-state index contributed by atoms with van der Waals surface area (Å²) in [5.41, 5.74) is 1.57. The van der Waals surface area contributed by atoms with Crippen LogP contribution in [0.15, 0.2) is 48.5 Å². The van der Waals surface area contributed by atoms with Crippen molar-refractivity contribution in [2.24, 2.45) is 0 Å². The van der Waals surface area contributed by atoms with E-state index in [1.807, 2.05) is 13.0 Å². The number of methoxy groups -OCH3 is 1. The van der Waals surface area contributed by atoms with E-state index in [4.69, 9.17) is 11.6 Å². The number of rotatable bonds is 4. The lowest BCUT2D eigenvalue weighted by atomic mass is 10.3. The van der Waals surface area contributed by atoms with Crippen LogP contribution in [0.4, 0.5) is 5.82 Å². The molecule has 0 spiro atoms. The molecule has 26 heavy (non-hydrogen) atoms. The van der Waals surface area contributed by atoms with Gasteiger partial charge in [-0.15, -0.1) is 0 Å². The van der Waals surface area contributed by atoms with E-state index < -0.39 is 11.9 Å². The molecule has 0 fully saturated rings. The Kier molecular flexibility index (Phi) is 4.99. The minimum absolute atomic E-state index is 0.0553. The summed E-state index contributed by atoms with van der Waals surface area (Å²) < 4.78 is 6.19. The number of nitrogens with one attached hydrogen (secondary N) is 1. The summed E-state index contributed by atoms with van der Waals surface area (Å²) >= 11 is 6.03. The van der Waals surface area contributed by atoms with E-state index in [2.05, 4.69) is 20.1 Å². The lowest BCUT2D eigenvalue weighted by molar-refractivity contribution is 0.0594. The molecule has 1 N–H and O–H groups in total. The van der Waals surface area contributed by atoms with Crippen LogP contribution >= 0.6 is 11.6 Å². The van der Waals surface area contributed by atoms with Gasteiger partial charge in [0.15, 0.2) is 0 Å². The predicted octanol–water partition coefficient (Wildman–Crippen LogP) is 3.27. The highest BCUT2D eigenvalue weighted by Gasteiger charge is 2.16. The molecule has 0 aliphatic heterocycles. The maximum absolute atomic E-state index is 12.5. The molecule has 3 aromatic rings. The monoisotopic (exact) mass is 370 g/mol. The first-order chi connectivity index (χ1) is 12.5. The normalized spacial score (nSPS) is 10.4. The first kappa shape index (κ1) is 17.6. The van der Waals surface area contributed by atoms with E-state index >= 15 is 0 Å². The molecule has 0 saturated carbocycles. The van der Waals surface area contributed by atoms with Crippen LogP contribution in [0.3, 0.4) is 0 Å². The molecule has 0 radical (unpaired) electrons. The van der Waals surface area contributed by atoms with Gasteiger partial charge in [-0.25, -0.2) is 14.5 Å². The number of halogens is 1. The van der Waals surface area contributed by atoms with Crippen molar-refractivity contribution in [1.29, 1.82) is 0 Å². The molecule has 0 aliphatic rings. The number of ether oxygens (including phenoxy) is 1.